The lowest BCUT2D eigenvalue weighted by atomic mass is 10.1. The standard InChI is InChI=1S/C22H24N2O6S/c1-11-13(3)31-22-19(11)21(26)23-20(24-22)12(2)30-18(25)8-7-14-9-16(28-5)17(29-6)10-15(14)27-4/h7-10,12H,1-6H3,(H,23,24,26)/b8-7+. The Morgan fingerprint density at radius 2 is 1.74 bits per heavy atom. The second kappa shape index (κ2) is 9.22. The molecule has 1 aromatic carbocycles. The maximum absolute atomic E-state index is 12.4. The molecule has 0 amide bonds. The van der Waals surface area contributed by atoms with E-state index in [0.717, 1.165) is 10.4 Å². The van der Waals surface area contributed by atoms with Crippen molar-refractivity contribution >= 4 is 33.6 Å². The normalized spacial score (nSPS) is 12.2. The molecule has 0 saturated carbocycles. The monoisotopic (exact) mass is 444 g/mol. The van der Waals surface area contributed by atoms with Crippen LogP contribution in [0.5, 0.6) is 17.2 Å². The Labute approximate surface area is 183 Å². The van der Waals surface area contributed by atoms with Gasteiger partial charge in [-0.3, -0.25) is 4.79 Å². The summed E-state index contributed by atoms with van der Waals surface area (Å²) in [6.07, 6.45) is 2.10. The lowest BCUT2D eigenvalue weighted by Crippen LogP contribution is -2.16. The molecule has 0 aliphatic heterocycles. The summed E-state index contributed by atoms with van der Waals surface area (Å²) in [4.78, 5) is 33.6. The van der Waals surface area contributed by atoms with Crippen LogP contribution in [0, 0.1) is 13.8 Å². The quantitative estimate of drug-likeness (QED) is 0.435. The highest BCUT2D eigenvalue weighted by atomic mass is 32.1. The van der Waals surface area contributed by atoms with Crippen molar-refractivity contribution in [1.29, 1.82) is 0 Å². The van der Waals surface area contributed by atoms with E-state index in [9.17, 15) is 9.59 Å². The van der Waals surface area contributed by atoms with E-state index in [1.165, 1.54) is 38.7 Å². The Morgan fingerprint density at radius 1 is 1.10 bits per heavy atom. The molecule has 3 aromatic rings. The van der Waals surface area contributed by atoms with Crippen LogP contribution in [0.2, 0.25) is 0 Å². The molecule has 1 atom stereocenters. The van der Waals surface area contributed by atoms with Gasteiger partial charge in [0.15, 0.2) is 23.4 Å². The fourth-order valence-corrected chi connectivity index (χ4v) is 4.11. The van der Waals surface area contributed by atoms with E-state index in [-0.39, 0.29) is 5.56 Å². The smallest absolute Gasteiger partial charge is 0.331 e. The molecule has 2 aromatic heterocycles. The number of aromatic amines is 1. The van der Waals surface area contributed by atoms with Crippen molar-refractivity contribution in [3.05, 3.63) is 50.4 Å². The van der Waals surface area contributed by atoms with Gasteiger partial charge in [0.05, 0.1) is 26.7 Å². The number of thiophene rings is 1. The number of carbonyl (C=O) groups excluding carboxylic acids is 1. The number of aromatic nitrogens is 2. The fourth-order valence-electron chi connectivity index (χ4n) is 3.07. The molecular formula is C22H24N2O6S. The van der Waals surface area contributed by atoms with Crippen LogP contribution in [-0.2, 0) is 9.53 Å². The Bertz CT molecular complexity index is 1210. The van der Waals surface area contributed by atoms with Crippen LogP contribution >= 0.6 is 11.3 Å². The Morgan fingerprint density at radius 3 is 2.39 bits per heavy atom. The molecule has 1 unspecified atom stereocenters. The summed E-state index contributed by atoms with van der Waals surface area (Å²) in [7, 11) is 4.57. The second-order valence-corrected chi connectivity index (χ2v) is 7.98. The first-order valence-corrected chi connectivity index (χ1v) is 10.3. The van der Waals surface area contributed by atoms with Crippen LogP contribution in [0.3, 0.4) is 0 Å². The average Bonchev–Trinajstić information content (AvgIpc) is 3.05. The van der Waals surface area contributed by atoms with Crippen LogP contribution in [-0.4, -0.2) is 37.3 Å². The summed E-state index contributed by atoms with van der Waals surface area (Å²) in [5.41, 5.74) is 1.29. The van der Waals surface area contributed by atoms with E-state index in [1.807, 2.05) is 13.8 Å². The van der Waals surface area contributed by atoms with Gasteiger partial charge in [-0.25, -0.2) is 9.78 Å². The SMILES string of the molecule is COc1cc(OC)c(OC)cc1/C=C/C(=O)OC(C)c1nc2sc(C)c(C)c2c(=O)[nH]1. The average molecular weight is 445 g/mol. The molecular weight excluding hydrogens is 420 g/mol. The molecule has 0 aliphatic carbocycles. The van der Waals surface area contributed by atoms with E-state index >= 15 is 0 Å². The zero-order chi connectivity index (χ0) is 22.7. The molecule has 0 radical (unpaired) electrons. The highest BCUT2D eigenvalue weighted by Gasteiger charge is 2.17. The van der Waals surface area contributed by atoms with Crippen LogP contribution in [0.4, 0.5) is 0 Å². The molecule has 0 aliphatic rings. The molecule has 0 fully saturated rings. The Balaban J connectivity index is 1.80. The maximum atomic E-state index is 12.4. The van der Waals surface area contributed by atoms with Crippen molar-refractivity contribution in [2.24, 2.45) is 0 Å². The molecule has 0 bridgehead atoms. The molecule has 164 valence electrons. The minimum absolute atomic E-state index is 0.240. The van der Waals surface area contributed by atoms with Gasteiger partial charge < -0.3 is 23.9 Å². The van der Waals surface area contributed by atoms with Gasteiger partial charge in [-0.15, -0.1) is 11.3 Å². The first-order valence-electron chi connectivity index (χ1n) is 9.47. The van der Waals surface area contributed by atoms with Gasteiger partial charge in [-0.2, -0.15) is 0 Å². The van der Waals surface area contributed by atoms with Gasteiger partial charge in [0.2, 0.25) is 0 Å². The van der Waals surface area contributed by atoms with Crippen molar-refractivity contribution in [1.82, 2.24) is 9.97 Å². The van der Waals surface area contributed by atoms with E-state index in [1.54, 1.807) is 25.1 Å². The fraction of sp³-hybridized carbons (Fsp3) is 0.318. The van der Waals surface area contributed by atoms with Crippen LogP contribution < -0.4 is 19.8 Å². The minimum atomic E-state index is -0.732. The topological polar surface area (TPSA) is 99.7 Å². The van der Waals surface area contributed by atoms with Crippen LogP contribution in [0.1, 0.15) is 34.9 Å². The summed E-state index contributed by atoms with van der Waals surface area (Å²) >= 11 is 1.44. The number of carbonyl (C=O) groups is 1. The zero-order valence-electron chi connectivity index (χ0n) is 18.2. The number of aryl methyl sites for hydroxylation is 2. The summed E-state index contributed by atoms with van der Waals surface area (Å²) in [5, 5.41) is 0.574. The van der Waals surface area contributed by atoms with Gasteiger partial charge in [-0.05, 0) is 38.5 Å². The summed E-state index contributed by atoms with van der Waals surface area (Å²) in [6.45, 7) is 5.49. The number of ether oxygens (including phenoxy) is 4. The largest absolute Gasteiger partial charge is 0.496 e. The van der Waals surface area contributed by atoms with Crippen molar-refractivity contribution in [3.8, 4) is 17.2 Å². The molecule has 1 N–H and O–H groups in total. The minimum Gasteiger partial charge on any atom is -0.496 e. The van der Waals surface area contributed by atoms with Gasteiger partial charge in [0, 0.05) is 22.6 Å². The van der Waals surface area contributed by atoms with Gasteiger partial charge in [-0.1, -0.05) is 0 Å². The molecule has 8 nitrogen and oxygen atoms in total. The van der Waals surface area contributed by atoms with E-state index in [0.29, 0.717) is 38.9 Å². The number of nitrogens with zero attached hydrogens (tertiary/aromatic N) is 1. The van der Waals surface area contributed by atoms with E-state index in [4.69, 9.17) is 18.9 Å². The third-order valence-electron chi connectivity index (χ3n) is 4.87. The number of H-pyrrole nitrogens is 1. The lowest BCUT2D eigenvalue weighted by Gasteiger charge is -2.12. The number of hydrogen-bond acceptors (Lipinski definition) is 8. The molecule has 9 heteroatoms. The third-order valence-corrected chi connectivity index (χ3v) is 5.97. The predicted molar refractivity (Wildman–Crippen MR) is 119 cm³/mol. The summed E-state index contributed by atoms with van der Waals surface area (Å²) in [5.74, 6) is 1.22. The number of fused-ring (bicyclic) bond motifs is 1. The molecule has 0 saturated heterocycles. The lowest BCUT2D eigenvalue weighted by molar-refractivity contribution is -0.142. The van der Waals surface area contributed by atoms with Gasteiger partial charge >= 0.3 is 5.97 Å². The molecule has 31 heavy (non-hydrogen) atoms. The highest BCUT2D eigenvalue weighted by Crippen LogP contribution is 2.35. The van der Waals surface area contributed by atoms with E-state index < -0.39 is 12.1 Å². The summed E-state index contributed by atoms with van der Waals surface area (Å²) < 4.78 is 21.3. The number of methoxy groups -OCH3 is 3. The molecule has 2 heterocycles. The first kappa shape index (κ1) is 22.4. The van der Waals surface area contributed by atoms with Gasteiger partial charge in [0.25, 0.3) is 5.56 Å². The number of rotatable bonds is 7. The molecule has 3 rings (SSSR count). The second-order valence-electron chi connectivity index (χ2n) is 6.78. The zero-order valence-corrected chi connectivity index (χ0v) is 19.0. The first-order chi connectivity index (χ1) is 14.8. The van der Waals surface area contributed by atoms with Crippen LogP contribution in [0.15, 0.2) is 23.0 Å². The number of benzene rings is 1. The third kappa shape index (κ3) is 4.56. The Kier molecular flexibility index (Phi) is 6.65. The highest BCUT2D eigenvalue weighted by molar-refractivity contribution is 7.18. The Hall–Kier alpha value is -3.33. The number of nitrogens with one attached hydrogen (secondary N) is 1. The van der Waals surface area contributed by atoms with Crippen LogP contribution in [0.25, 0.3) is 16.3 Å². The van der Waals surface area contributed by atoms with Crippen molar-refractivity contribution in [3.63, 3.8) is 0 Å². The van der Waals surface area contributed by atoms with E-state index in [2.05, 4.69) is 9.97 Å². The van der Waals surface area contributed by atoms with Crippen molar-refractivity contribution in [2.45, 2.75) is 26.9 Å². The number of hydrogen-bond donors (Lipinski definition) is 1. The van der Waals surface area contributed by atoms with Crippen molar-refractivity contribution < 1.29 is 23.7 Å². The summed E-state index contributed by atoms with van der Waals surface area (Å²) in [6, 6.07) is 3.36. The predicted octanol–water partition coefficient (Wildman–Crippen LogP) is 3.94. The van der Waals surface area contributed by atoms with Gasteiger partial charge in [0.1, 0.15) is 10.6 Å². The maximum Gasteiger partial charge on any atom is 0.331 e. The van der Waals surface area contributed by atoms with Crippen molar-refractivity contribution in [2.75, 3.05) is 21.3 Å². The number of esters is 1. The molecule has 0 spiro atoms.